The van der Waals surface area contributed by atoms with Crippen LogP contribution in [0.2, 0.25) is 0 Å². The highest BCUT2D eigenvalue weighted by Crippen LogP contribution is 2.40. The van der Waals surface area contributed by atoms with Crippen LogP contribution in [0.5, 0.6) is 0 Å². The third kappa shape index (κ3) is 3.49. The minimum absolute atomic E-state index is 0.0700. The van der Waals surface area contributed by atoms with Crippen LogP contribution in [0.25, 0.3) is 0 Å². The maximum absolute atomic E-state index is 13.3. The molecule has 2 aromatic rings. The number of carbonyl (C=O) groups excluding carboxylic acids is 1. The SMILES string of the molecule is Cc1ccc(C)c(C(=O)N2CCC[C@]3(C2)CN(c2ncccn2)CC[C@H]3O)c1. The van der Waals surface area contributed by atoms with E-state index >= 15 is 0 Å². The molecule has 28 heavy (non-hydrogen) atoms. The van der Waals surface area contributed by atoms with Crippen LogP contribution in [0.15, 0.2) is 36.7 Å². The minimum Gasteiger partial charge on any atom is -0.392 e. The summed E-state index contributed by atoms with van der Waals surface area (Å²) in [6.07, 6.45) is 5.56. The first kappa shape index (κ1) is 18.9. The van der Waals surface area contributed by atoms with Crippen LogP contribution in [0.4, 0.5) is 5.95 Å². The number of aliphatic hydroxyl groups is 1. The number of aromatic nitrogens is 2. The first-order chi connectivity index (χ1) is 13.5. The van der Waals surface area contributed by atoms with E-state index in [4.69, 9.17) is 0 Å². The first-order valence-corrected chi connectivity index (χ1v) is 10.1. The van der Waals surface area contributed by atoms with Gasteiger partial charge in [-0.05, 0) is 50.8 Å². The van der Waals surface area contributed by atoms with Gasteiger partial charge in [-0.2, -0.15) is 0 Å². The van der Waals surface area contributed by atoms with Gasteiger partial charge < -0.3 is 14.9 Å². The van der Waals surface area contributed by atoms with Crippen molar-refractivity contribution in [2.45, 2.75) is 39.2 Å². The van der Waals surface area contributed by atoms with Crippen LogP contribution in [0.3, 0.4) is 0 Å². The van der Waals surface area contributed by atoms with Crippen LogP contribution in [-0.2, 0) is 0 Å². The molecule has 2 fully saturated rings. The Hall–Kier alpha value is -2.47. The van der Waals surface area contributed by atoms with Crippen molar-refractivity contribution >= 4 is 11.9 Å². The Labute approximate surface area is 166 Å². The zero-order chi connectivity index (χ0) is 19.7. The summed E-state index contributed by atoms with van der Waals surface area (Å²) < 4.78 is 0. The molecule has 6 heteroatoms. The van der Waals surface area contributed by atoms with E-state index in [1.165, 1.54) is 0 Å². The van der Waals surface area contributed by atoms with Gasteiger partial charge in [0.15, 0.2) is 0 Å². The number of aryl methyl sites for hydroxylation is 2. The molecule has 1 aromatic carbocycles. The monoisotopic (exact) mass is 380 g/mol. The Balaban J connectivity index is 1.57. The molecule has 2 aliphatic heterocycles. The standard InChI is InChI=1S/C22H28N4O2/c1-16-5-6-17(2)18(13-16)20(28)25-11-3-8-22(14-25)15-26(12-7-19(22)27)21-23-9-4-10-24-21/h4-6,9-10,13,19,27H,3,7-8,11-12,14-15H2,1-2H3/t19-,22+/m1/s1. The van der Waals surface area contributed by atoms with E-state index in [1.807, 2.05) is 43.0 Å². The summed E-state index contributed by atoms with van der Waals surface area (Å²) in [4.78, 5) is 26.1. The van der Waals surface area contributed by atoms with Gasteiger partial charge in [-0.1, -0.05) is 17.7 Å². The molecule has 4 rings (SSSR count). The highest BCUT2D eigenvalue weighted by Gasteiger charge is 2.47. The van der Waals surface area contributed by atoms with Gasteiger partial charge in [-0.3, -0.25) is 4.79 Å². The summed E-state index contributed by atoms with van der Waals surface area (Å²) >= 11 is 0. The molecule has 1 aromatic heterocycles. The van der Waals surface area contributed by atoms with E-state index in [1.54, 1.807) is 12.4 Å². The number of benzene rings is 1. The Morgan fingerprint density at radius 2 is 1.96 bits per heavy atom. The molecule has 0 unspecified atom stereocenters. The maximum Gasteiger partial charge on any atom is 0.254 e. The second kappa shape index (κ2) is 7.51. The predicted octanol–water partition coefficient (Wildman–Crippen LogP) is 2.59. The van der Waals surface area contributed by atoms with Gasteiger partial charge in [0.05, 0.1) is 6.10 Å². The van der Waals surface area contributed by atoms with Crippen molar-refractivity contribution in [2.75, 3.05) is 31.1 Å². The number of piperidine rings is 2. The number of aliphatic hydroxyl groups excluding tert-OH is 1. The molecule has 6 nitrogen and oxygen atoms in total. The quantitative estimate of drug-likeness (QED) is 0.867. The summed E-state index contributed by atoms with van der Waals surface area (Å²) in [6.45, 7) is 6.71. The average Bonchev–Trinajstić information content (AvgIpc) is 2.72. The molecule has 148 valence electrons. The van der Waals surface area contributed by atoms with Crippen LogP contribution < -0.4 is 4.90 Å². The Morgan fingerprint density at radius 3 is 2.75 bits per heavy atom. The summed E-state index contributed by atoms with van der Waals surface area (Å²) in [5, 5.41) is 10.9. The third-order valence-corrected chi connectivity index (χ3v) is 6.24. The lowest BCUT2D eigenvalue weighted by Gasteiger charge is -2.51. The molecule has 1 spiro atoms. The molecule has 0 saturated carbocycles. The van der Waals surface area contributed by atoms with Gasteiger partial charge in [0.2, 0.25) is 5.95 Å². The molecule has 0 aliphatic carbocycles. The zero-order valence-corrected chi connectivity index (χ0v) is 16.6. The summed E-state index contributed by atoms with van der Waals surface area (Å²) in [5.74, 6) is 0.771. The Bertz CT molecular complexity index is 857. The topological polar surface area (TPSA) is 69.6 Å². The van der Waals surface area contributed by atoms with E-state index in [0.29, 0.717) is 25.5 Å². The maximum atomic E-state index is 13.3. The predicted molar refractivity (Wildman–Crippen MR) is 108 cm³/mol. The zero-order valence-electron chi connectivity index (χ0n) is 16.6. The molecule has 1 N–H and O–H groups in total. The highest BCUT2D eigenvalue weighted by molar-refractivity contribution is 5.96. The number of hydrogen-bond donors (Lipinski definition) is 1. The number of hydrogen-bond acceptors (Lipinski definition) is 5. The third-order valence-electron chi connectivity index (χ3n) is 6.24. The largest absolute Gasteiger partial charge is 0.392 e. The highest BCUT2D eigenvalue weighted by atomic mass is 16.3. The van der Waals surface area contributed by atoms with Crippen LogP contribution in [-0.4, -0.2) is 58.2 Å². The summed E-state index contributed by atoms with van der Waals surface area (Å²) in [5.41, 5.74) is 2.53. The number of likely N-dealkylation sites (tertiary alicyclic amines) is 1. The van der Waals surface area contributed by atoms with Gasteiger partial charge in [-0.25, -0.2) is 9.97 Å². The van der Waals surface area contributed by atoms with Crippen LogP contribution in [0.1, 0.15) is 40.7 Å². The molecule has 2 aliphatic rings. The van der Waals surface area contributed by atoms with Gasteiger partial charge in [-0.15, -0.1) is 0 Å². The lowest BCUT2D eigenvalue weighted by molar-refractivity contribution is -0.0364. The number of carbonyl (C=O) groups is 1. The van der Waals surface area contributed by atoms with Crippen molar-refractivity contribution in [2.24, 2.45) is 5.41 Å². The Kier molecular flexibility index (Phi) is 5.06. The van der Waals surface area contributed by atoms with Crippen LogP contribution in [0, 0.1) is 19.3 Å². The van der Waals surface area contributed by atoms with E-state index in [0.717, 1.165) is 42.6 Å². The number of nitrogens with zero attached hydrogens (tertiary/aromatic N) is 4. The van der Waals surface area contributed by atoms with Gasteiger partial charge in [0.1, 0.15) is 0 Å². The van der Waals surface area contributed by atoms with E-state index in [2.05, 4.69) is 14.9 Å². The molecule has 1 amide bonds. The lowest BCUT2D eigenvalue weighted by atomic mass is 9.71. The average molecular weight is 380 g/mol. The molecule has 3 heterocycles. The second-order valence-electron chi connectivity index (χ2n) is 8.29. The molecular formula is C22H28N4O2. The molecule has 0 bridgehead atoms. The second-order valence-corrected chi connectivity index (χ2v) is 8.29. The number of anilines is 1. The summed E-state index contributed by atoms with van der Waals surface area (Å²) in [6, 6.07) is 7.82. The van der Waals surface area contributed by atoms with Crippen molar-refractivity contribution in [1.82, 2.24) is 14.9 Å². The summed E-state index contributed by atoms with van der Waals surface area (Å²) in [7, 11) is 0. The van der Waals surface area contributed by atoms with Crippen LogP contribution >= 0.6 is 0 Å². The van der Waals surface area contributed by atoms with E-state index < -0.39 is 6.10 Å². The van der Waals surface area contributed by atoms with Gasteiger partial charge in [0.25, 0.3) is 5.91 Å². The minimum atomic E-state index is -0.415. The fraction of sp³-hybridized carbons (Fsp3) is 0.500. The molecule has 0 radical (unpaired) electrons. The van der Waals surface area contributed by atoms with E-state index in [-0.39, 0.29) is 11.3 Å². The Morgan fingerprint density at radius 1 is 1.18 bits per heavy atom. The van der Waals surface area contributed by atoms with Crippen molar-refractivity contribution in [3.8, 4) is 0 Å². The fourth-order valence-corrected chi connectivity index (χ4v) is 4.65. The van der Waals surface area contributed by atoms with E-state index in [9.17, 15) is 9.90 Å². The van der Waals surface area contributed by atoms with Gasteiger partial charge >= 0.3 is 0 Å². The lowest BCUT2D eigenvalue weighted by Crippen LogP contribution is -2.60. The molecule has 2 atom stereocenters. The first-order valence-electron chi connectivity index (χ1n) is 10.1. The van der Waals surface area contributed by atoms with Crippen molar-refractivity contribution in [3.05, 3.63) is 53.3 Å². The molecular weight excluding hydrogens is 352 g/mol. The van der Waals surface area contributed by atoms with Crippen molar-refractivity contribution < 1.29 is 9.90 Å². The molecule has 2 saturated heterocycles. The van der Waals surface area contributed by atoms with Crippen molar-refractivity contribution in [3.63, 3.8) is 0 Å². The normalized spacial score (nSPS) is 25.2. The number of amides is 1. The van der Waals surface area contributed by atoms with Gasteiger partial charge in [0, 0.05) is 49.6 Å². The van der Waals surface area contributed by atoms with Crippen molar-refractivity contribution in [1.29, 1.82) is 0 Å². The smallest absolute Gasteiger partial charge is 0.254 e. The fourth-order valence-electron chi connectivity index (χ4n) is 4.65. The number of rotatable bonds is 2.